The zero-order chi connectivity index (χ0) is 50.8. The average molecular weight is 1090 g/mol. The van der Waals surface area contributed by atoms with Gasteiger partial charge in [-0.1, -0.05) is 208 Å². The monoisotopic (exact) mass is 1090 g/mol. The van der Waals surface area contributed by atoms with E-state index in [0.29, 0.717) is 28.0 Å². The Kier molecular flexibility index (Phi) is 12.8. The summed E-state index contributed by atoms with van der Waals surface area (Å²) in [5.41, 5.74) is 15.2. The number of fused-ring (bicyclic) bond motifs is 1. The molecule has 0 atom stereocenters. The summed E-state index contributed by atoms with van der Waals surface area (Å²) in [6.07, 6.45) is 1.84. The summed E-state index contributed by atoms with van der Waals surface area (Å²) in [6, 6.07) is 57.8. The quantitative estimate of drug-likeness (QED) is 0.131. The van der Waals surface area contributed by atoms with E-state index in [0.717, 1.165) is 72.5 Å². The molecule has 0 unspecified atom stereocenters. The van der Waals surface area contributed by atoms with Gasteiger partial charge in [0.25, 0.3) is 0 Å². The minimum absolute atomic E-state index is 0. The number of phenolic OH excluding ortho intramolecular Hbond substituents is 1. The molecule has 0 aliphatic carbocycles. The summed E-state index contributed by atoms with van der Waals surface area (Å²) < 4.78 is 29.2. The molecule has 5 heteroatoms. The Labute approximate surface area is 429 Å². The van der Waals surface area contributed by atoms with Gasteiger partial charge in [0.15, 0.2) is 0 Å². The van der Waals surface area contributed by atoms with Crippen molar-refractivity contribution in [2.75, 3.05) is 0 Å². The number of phenols is 1. The molecular weight excluding hydrogens is 1020 g/mol. The third-order valence-corrected chi connectivity index (χ3v) is 14.2. The van der Waals surface area contributed by atoms with Gasteiger partial charge in [-0.3, -0.25) is 9.55 Å². The van der Waals surface area contributed by atoms with E-state index in [9.17, 15) is 7.85 Å². The summed E-state index contributed by atoms with van der Waals surface area (Å²) in [7, 11) is 0. The third-order valence-electron chi connectivity index (χ3n) is 14.2. The van der Waals surface area contributed by atoms with E-state index in [4.69, 9.17) is 11.3 Å². The van der Waals surface area contributed by atoms with Crippen molar-refractivity contribution in [3.8, 4) is 78.6 Å². The molecule has 2 heterocycles. The molecule has 0 bridgehead atoms. The predicted molar refractivity (Wildman–Crippen MR) is 287 cm³/mol. The largest absolute Gasteiger partial charge is 0.507 e. The Morgan fingerprint density at radius 2 is 1.19 bits per heavy atom. The third kappa shape index (κ3) is 9.54. The first kappa shape index (κ1) is 45.1. The van der Waals surface area contributed by atoms with Crippen LogP contribution in [0.15, 0.2) is 164 Å². The number of hydrogen-bond donors (Lipinski definition) is 1. The summed E-state index contributed by atoms with van der Waals surface area (Å²) >= 11 is 0. The van der Waals surface area contributed by atoms with Crippen LogP contribution in [0, 0.1) is 11.5 Å². The van der Waals surface area contributed by atoms with Crippen molar-refractivity contribution in [3.63, 3.8) is 0 Å². The first-order valence-electron chi connectivity index (χ1n) is 25.2. The van der Waals surface area contributed by atoms with Crippen LogP contribution < -0.4 is 0 Å². The van der Waals surface area contributed by atoms with Crippen molar-refractivity contribution < 1.29 is 30.3 Å². The van der Waals surface area contributed by atoms with Crippen LogP contribution in [-0.2, 0) is 26.5 Å². The molecule has 0 aliphatic heterocycles. The number of benzene rings is 7. The molecule has 352 valence electrons. The molecule has 0 radical (unpaired) electrons. The number of para-hydroxylation sites is 1. The van der Waals surface area contributed by atoms with Gasteiger partial charge in [0.05, 0.1) is 22.3 Å². The molecule has 9 rings (SSSR count). The fourth-order valence-electron chi connectivity index (χ4n) is 9.02. The topological polar surface area (TPSA) is 50.9 Å². The standard InChI is InChI=1S/C64H64N3O.Pt/c1-40(2)43-25-27-45(28-26-43)47-31-32-65-57(38-47)51-34-49(44-19-14-12-15-20-44)33-50(35-51)53-23-18-24-59-60(53)66-62(56-37-48(41(3)4)36-54(42(5)6)61(56)68)67(59)58-30-29-52(64(10,11)63(7,8)9)39-55(58)46-21-16-13-17-22-46;/h12-34,36-42,68H,1-11H3;/q-1;/i40D,41D,42D;. The molecule has 7 aromatic carbocycles. The number of nitrogens with zero attached hydrogens (tertiary/aromatic N) is 3. The molecule has 1 N–H and O–H groups in total. The molecule has 0 spiro atoms. The Morgan fingerprint density at radius 3 is 1.83 bits per heavy atom. The number of aromatic nitrogens is 3. The maximum Gasteiger partial charge on any atom is 0.148 e. The Bertz CT molecular complexity index is 3430. The second kappa shape index (κ2) is 19.6. The second-order valence-corrected chi connectivity index (χ2v) is 20.4. The summed E-state index contributed by atoms with van der Waals surface area (Å²) in [5, 5.41) is 12.5. The number of hydrogen-bond acceptors (Lipinski definition) is 3. The van der Waals surface area contributed by atoms with Gasteiger partial charge < -0.3 is 5.11 Å². The summed E-state index contributed by atoms with van der Waals surface area (Å²) in [4.78, 5) is 10.5. The van der Waals surface area contributed by atoms with Crippen molar-refractivity contribution in [3.05, 3.63) is 192 Å². The molecule has 0 saturated heterocycles. The fourth-order valence-corrected chi connectivity index (χ4v) is 9.02. The van der Waals surface area contributed by atoms with Gasteiger partial charge in [0, 0.05) is 42.6 Å². The predicted octanol–water partition coefficient (Wildman–Crippen LogP) is 17.6. The second-order valence-electron chi connectivity index (χ2n) is 20.4. The van der Waals surface area contributed by atoms with Crippen LogP contribution in [0.4, 0.5) is 0 Å². The molecule has 0 saturated carbocycles. The van der Waals surface area contributed by atoms with Gasteiger partial charge in [-0.15, -0.1) is 23.8 Å². The van der Waals surface area contributed by atoms with E-state index in [-0.39, 0.29) is 37.6 Å². The van der Waals surface area contributed by atoms with Crippen molar-refractivity contribution in [1.82, 2.24) is 14.5 Å². The Hall–Kier alpha value is -6.35. The zero-order valence-corrected chi connectivity index (χ0v) is 44.0. The number of imidazole rings is 1. The van der Waals surface area contributed by atoms with E-state index in [1.165, 1.54) is 5.56 Å². The summed E-state index contributed by atoms with van der Waals surface area (Å²) in [5.74, 6) is -2.47. The van der Waals surface area contributed by atoms with Gasteiger partial charge in [0.1, 0.15) is 11.6 Å². The molecular formula is C64H64N3OPt-. The van der Waals surface area contributed by atoms with Gasteiger partial charge in [0.2, 0.25) is 0 Å². The van der Waals surface area contributed by atoms with Crippen molar-refractivity contribution >= 4 is 11.0 Å². The SMILES string of the molecule is [2H]C(C)(C)c1ccc(-c2ccnc(-c3[c-]c(-c4cccc5c4nc(-c4cc(C([2H])(C)C)cc(C([2H])(C)C)c4O)n5-c4ccc(C(C)(C)C(C)(C)C)cc4-c4ccccc4)cc(-c4ccccc4)c3)c2)cc1.[Pt]. The molecule has 69 heavy (non-hydrogen) atoms. The van der Waals surface area contributed by atoms with Crippen LogP contribution in [0.25, 0.3) is 83.9 Å². The molecule has 0 fully saturated rings. The van der Waals surface area contributed by atoms with Crippen LogP contribution >= 0.6 is 0 Å². The molecule has 0 amide bonds. The van der Waals surface area contributed by atoms with Gasteiger partial charge in [-0.2, -0.15) is 0 Å². The minimum atomic E-state index is -1.19. The summed E-state index contributed by atoms with van der Waals surface area (Å²) in [6.45, 7) is 22.4. The smallest absolute Gasteiger partial charge is 0.148 e. The fraction of sp³-hybridized carbons (Fsp3) is 0.250. The number of rotatable bonds is 11. The van der Waals surface area contributed by atoms with E-state index < -0.39 is 17.7 Å². The van der Waals surface area contributed by atoms with E-state index in [1.54, 1.807) is 19.9 Å². The van der Waals surface area contributed by atoms with Crippen molar-refractivity contribution in [1.29, 1.82) is 0 Å². The van der Waals surface area contributed by atoms with E-state index in [2.05, 4.69) is 148 Å². The van der Waals surface area contributed by atoms with Crippen molar-refractivity contribution in [2.45, 2.75) is 99.3 Å². The van der Waals surface area contributed by atoms with Crippen LogP contribution in [-0.4, -0.2) is 19.6 Å². The van der Waals surface area contributed by atoms with Crippen LogP contribution in [0.3, 0.4) is 0 Å². The Balaban J connectivity index is 0.00000693. The maximum absolute atomic E-state index is 12.5. The van der Waals surface area contributed by atoms with Crippen LogP contribution in [0.1, 0.15) is 120 Å². The van der Waals surface area contributed by atoms with Gasteiger partial charge in [-0.25, -0.2) is 4.98 Å². The van der Waals surface area contributed by atoms with Gasteiger partial charge in [-0.05, 0) is 103 Å². The van der Waals surface area contributed by atoms with E-state index >= 15 is 0 Å². The van der Waals surface area contributed by atoms with Crippen molar-refractivity contribution in [2.24, 2.45) is 5.41 Å². The molecule has 0 aliphatic rings. The average Bonchev–Trinajstić information content (AvgIpc) is 3.72. The Morgan fingerprint density at radius 1 is 0.551 bits per heavy atom. The molecule has 4 nitrogen and oxygen atoms in total. The zero-order valence-electron chi connectivity index (χ0n) is 44.7. The molecule has 9 aromatic rings. The number of pyridine rings is 1. The van der Waals surface area contributed by atoms with E-state index in [1.807, 2.05) is 82.4 Å². The van der Waals surface area contributed by atoms with Crippen LogP contribution in [0.5, 0.6) is 5.75 Å². The van der Waals surface area contributed by atoms with Gasteiger partial charge >= 0.3 is 0 Å². The first-order chi connectivity index (χ1) is 33.4. The number of aromatic hydroxyl groups is 1. The first-order valence-corrected chi connectivity index (χ1v) is 23.7. The normalized spacial score (nSPS) is 13.1. The van der Waals surface area contributed by atoms with Crippen LogP contribution in [0.2, 0.25) is 0 Å². The molecule has 2 aromatic heterocycles. The maximum atomic E-state index is 12.5. The minimum Gasteiger partial charge on any atom is -0.507 e.